The quantitative estimate of drug-likeness (QED) is 0.465. The fourth-order valence-electron chi connectivity index (χ4n) is 3.09. The van der Waals surface area contributed by atoms with Gasteiger partial charge in [-0.15, -0.1) is 0 Å². The predicted molar refractivity (Wildman–Crippen MR) is 117 cm³/mol. The van der Waals surface area contributed by atoms with Crippen LogP contribution < -0.4 is 5.32 Å². The minimum absolute atomic E-state index is 0.114. The van der Waals surface area contributed by atoms with Gasteiger partial charge in [0.05, 0.1) is 28.2 Å². The van der Waals surface area contributed by atoms with Gasteiger partial charge in [0.25, 0.3) is 0 Å². The third kappa shape index (κ3) is 3.83. The van der Waals surface area contributed by atoms with Crippen molar-refractivity contribution in [1.29, 1.82) is 0 Å². The first kappa shape index (κ1) is 18.8. The molecule has 142 valence electrons. The number of benzene rings is 2. The lowest BCUT2D eigenvalue weighted by molar-refractivity contribution is -0.116. The lowest BCUT2D eigenvalue weighted by Crippen LogP contribution is -2.21. The van der Waals surface area contributed by atoms with E-state index in [2.05, 4.69) is 31.3 Å². The number of nitrogens with one attached hydrogen (secondary N) is 1. The molecule has 8 heteroatoms. The number of rotatable bonds is 6. The highest BCUT2D eigenvalue weighted by atomic mass is 79.9. The van der Waals surface area contributed by atoms with Crippen molar-refractivity contribution in [1.82, 2.24) is 19.3 Å². The molecule has 0 radical (unpaired) electrons. The van der Waals surface area contributed by atoms with E-state index in [1.54, 1.807) is 22.6 Å². The predicted octanol–water partition coefficient (Wildman–Crippen LogP) is 4.49. The molecule has 2 aromatic heterocycles. The van der Waals surface area contributed by atoms with E-state index in [4.69, 9.17) is 0 Å². The lowest BCUT2D eigenvalue weighted by atomic mass is 10.2. The van der Waals surface area contributed by atoms with Gasteiger partial charge in [-0.05, 0) is 42.7 Å². The van der Waals surface area contributed by atoms with Gasteiger partial charge in [-0.3, -0.25) is 4.79 Å². The molecule has 2 heterocycles. The fraction of sp³-hybridized carbons (Fsp3) is 0.150. The maximum atomic E-state index is 12.9. The molecule has 0 aliphatic carbocycles. The smallest absolute Gasteiger partial charge is 0.244 e. The van der Waals surface area contributed by atoms with E-state index in [1.807, 2.05) is 65.6 Å². The first-order chi connectivity index (χ1) is 13.7. The van der Waals surface area contributed by atoms with Crippen LogP contribution in [0.15, 0.2) is 65.4 Å². The molecule has 0 atom stereocenters. The van der Waals surface area contributed by atoms with Gasteiger partial charge in [0.15, 0.2) is 0 Å². The number of amides is 1. The molecule has 0 spiro atoms. The van der Waals surface area contributed by atoms with E-state index in [0.29, 0.717) is 5.69 Å². The first-order valence-corrected chi connectivity index (χ1v) is 10.9. The fourth-order valence-corrected chi connectivity index (χ4v) is 3.93. The molecule has 2 aromatic carbocycles. The lowest BCUT2D eigenvalue weighted by Gasteiger charge is -2.13. The normalized spacial score (nSPS) is 11.1. The van der Waals surface area contributed by atoms with Crippen molar-refractivity contribution >= 4 is 50.3 Å². The number of halogens is 1. The standard InChI is InChI=1S/C20H18BrN5OS/c1-28-13-19-23-15-5-2-3-6-17(15)25(19)12-20(27)24-16-11-14(21)7-8-18(16)26-10-4-9-22-26/h2-11H,12-13H2,1H3,(H,24,27). The SMILES string of the molecule is CSCc1nc2ccccc2n1CC(=O)Nc1cc(Br)ccc1-n1cccn1. The third-order valence-corrected chi connectivity index (χ3v) is 5.33. The average Bonchev–Trinajstić information content (AvgIpc) is 3.31. The third-order valence-electron chi connectivity index (χ3n) is 4.29. The molecule has 4 aromatic rings. The Bertz CT molecular complexity index is 1120. The number of hydrogen-bond acceptors (Lipinski definition) is 4. The second-order valence-corrected chi connectivity index (χ2v) is 7.98. The van der Waals surface area contributed by atoms with E-state index in [1.165, 1.54) is 0 Å². The summed E-state index contributed by atoms with van der Waals surface area (Å²) >= 11 is 5.16. The molecule has 6 nitrogen and oxygen atoms in total. The molecule has 0 fully saturated rings. The van der Waals surface area contributed by atoms with Crippen LogP contribution in [0.5, 0.6) is 0 Å². The molecule has 0 saturated carbocycles. The van der Waals surface area contributed by atoms with Crippen LogP contribution in [0, 0.1) is 0 Å². The Morgan fingerprint density at radius 2 is 2.07 bits per heavy atom. The van der Waals surface area contributed by atoms with E-state index >= 15 is 0 Å². The minimum atomic E-state index is -0.114. The van der Waals surface area contributed by atoms with Gasteiger partial charge in [0, 0.05) is 16.9 Å². The molecule has 0 unspecified atom stereocenters. The van der Waals surface area contributed by atoms with Crippen LogP contribution in [0.1, 0.15) is 5.82 Å². The van der Waals surface area contributed by atoms with Crippen molar-refractivity contribution in [3.8, 4) is 5.69 Å². The number of anilines is 1. The molecule has 0 aliphatic rings. The van der Waals surface area contributed by atoms with Crippen LogP contribution in [0.2, 0.25) is 0 Å². The van der Waals surface area contributed by atoms with Gasteiger partial charge in [0.1, 0.15) is 12.4 Å². The minimum Gasteiger partial charge on any atom is -0.323 e. The summed E-state index contributed by atoms with van der Waals surface area (Å²) in [5.74, 6) is 1.53. The molecule has 0 bridgehead atoms. The monoisotopic (exact) mass is 455 g/mol. The summed E-state index contributed by atoms with van der Waals surface area (Å²) in [5, 5.41) is 7.30. The van der Waals surface area contributed by atoms with Crippen LogP contribution in [-0.4, -0.2) is 31.5 Å². The number of carbonyl (C=O) groups is 1. The Labute approximate surface area is 175 Å². The van der Waals surface area contributed by atoms with Gasteiger partial charge in [-0.2, -0.15) is 16.9 Å². The first-order valence-electron chi connectivity index (χ1n) is 8.68. The Balaban J connectivity index is 1.63. The van der Waals surface area contributed by atoms with Gasteiger partial charge in [0.2, 0.25) is 5.91 Å². The van der Waals surface area contributed by atoms with Crippen LogP contribution >= 0.6 is 27.7 Å². The number of nitrogens with zero attached hydrogens (tertiary/aromatic N) is 4. The van der Waals surface area contributed by atoms with Crippen molar-refractivity contribution in [2.75, 3.05) is 11.6 Å². The van der Waals surface area contributed by atoms with Gasteiger partial charge in [-0.25, -0.2) is 9.67 Å². The maximum absolute atomic E-state index is 12.9. The maximum Gasteiger partial charge on any atom is 0.244 e. The molecule has 0 saturated heterocycles. The number of para-hydroxylation sites is 2. The molecular weight excluding hydrogens is 438 g/mol. The number of hydrogen-bond donors (Lipinski definition) is 1. The average molecular weight is 456 g/mol. The van der Waals surface area contributed by atoms with Gasteiger partial charge < -0.3 is 9.88 Å². The summed E-state index contributed by atoms with van der Waals surface area (Å²) in [5.41, 5.74) is 3.36. The topological polar surface area (TPSA) is 64.7 Å². The zero-order chi connectivity index (χ0) is 19.5. The van der Waals surface area contributed by atoms with Crippen molar-refractivity contribution in [2.24, 2.45) is 0 Å². The van der Waals surface area contributed by atoms with Crippen molar-refractivity contribution in [3.05, 3.63) is 71.2 Å². The highest BCUT2D eigenvalue weighted by Crippen LogP contribution is 2.25. The van der Waals surface area contributed by atoms with Gasteiger partial charge in [-0.1, -0.05) is 28.1 Å². The Morgan fingerprint density at radius 3 is 2.86 bits per heavy atom. The molecule has 28 heavy (non-hydrogen) atoms. The van der Waals surface area contributed by atoms with Crippen molar-refractivity contribution < 1.29 is 4.79 Å². The van der Waals surface area contributed by atoms with Crippen LogP contribution in [0.25, 0.3) is 16.7 Å². The summed E-state index contributed by atoms with van der Waals surface area (Å²) in [6, 6.07) is 15.5. The van der Waals surface area contributed by atoms with E-state index in [0.717, 1.165) is 32.8 Å². The Morgan fingerprint density at radius 1 is 1.21 bits per heavy atom. The van der Waals surface area contributed by atoms with E-state index < -0.39 is 0 Å². The second-order valence-electron chi connectivity index (χ2n) is 6.20. The van der Waals surface area contributed by atoms with Crippen LogP contribution in [0.4, 0.5) is 5.69 Å². The van der Waals surface area contributed by atoms with E-state index in [9.17, 15) is 4.79 Å². The zero-order valence-electron chi connectivity index (χ0n) is 15.2. The molecule has 0 aliphatic heterocycles. The van der Waals surface area contributed by atoms with Gasteiger partial charge >= 0.3 is 0 Å². The molecule has 1 N–H and O–H groups in total. The number of imidazole rings is 1. The summed E-state index contributed by atoms with van der Waals surface area (Å²) in [6.07, 6.45) is 5.58. The number of aromatic nitrogens is 4. The highest BCUT2D eigenvalue weighted by molar-refractivity contribution is 9.10. The largest absolute Gasteiger partial charge is 0.323 e. The number of carbonyl (C=O) groups excluding carboxylic acids is 1. The molecular formula is C20H18BrN5OS. The highest BCUT2D eigenvalue weighted by Gasteiger charge is 2.15. The molecule has 1 amide bonds. The Hall–Kier alpha value is -2.58. The summed E-state index contributed by atoms with van der Waals surface area (Å²) in [6.45, 7) is 0.196. The van der Waals surface area contributed by atoms with Crippen LogP contribution in [0.3, 0.4) is 0 Å². The summed E-state index contributed by atoms with van der Waals surface area (Å²) < 4.78 is 4.59. The number of fused-ring (bicyclic) bond motifs is 1. The summed E-state index contributed by atoms with van der Waals surface area (Å²) in [4.78, 5) is 17.6. The number of thioether (sulfide) groups is 1. The Kier molecular flexibility index (Phi) is 5.50. The van der Waals surface area contributed by atoms with E-state index in [-0.39, 0.29) is 12.5 Å². The zero-order valence-corrected chi connectivity index (χ0v) is 17.6. The second kappa shape index (κ2) is 8.20. The molecule has 4 rings (SSSR count). The van der Waals surface area contributed by atoms with Crippen molar-refractivity contribution in [2.45, 2.75) is 12.3 Å². The van der Waals surface area contributed by atoms with Crippen molar-refractivity contribution in [3.63, 3.8) is 0 Å². The summed E-state index contributed by atoms with van der Waals surface area (Å²) in [7, 11) is 0. The van der Waals surface area contributed by atoms with Crippen LogP contribution in [-0.2, 0) is 17.1 Å².